The Bertz CT molecular complexity index is 353. The zero-order chi connectivity index (χ0) is 12.1. The quantitative estimate of drug-likeness (QED) is 0.898. The van der Waals surface area contributed by atoms with E-state index < -0.39 is 0 Å². The van der Waals surface area contributed by atoms with Crippen molar-refractivity contribution in [2.45, 2.75) is 44.2 Å². The first-order chi connectivity index (χ1) is 8.29. The average Bonchev–Trinajstić information content (AvgIpc) is 2.37. The molecule has 1 aliphatic rings. The van der Waals surface area contributed by atoms with E-state index in [9.17, 15) is 5.11 Å². The summed E-state index contributed by atoms with van der Waals surface area (Å²) in [5.41, 5.74) is 1.05. The molecule has 1 fully saturated rings. The molecule has 0 radical (unpaired) electrons. The van der Waals surface area contributed by atoms with Gasteiger partial charge in [-0.3, -0.25) is 4.98 Å². The molecular weight excluding hydrogens is 280 g/mol. The lowest BCUT2D eigenvalue weighted by Crippen LogP contribution is -2.36. The molecule has 1 aromatic heterocycles. The third-order valence-corrected chi connectivity index (χ3v) is 3.79. The fourth-order valence-corrected chi connectivity index (χ4v) is 2.81. The van der Waals surface area contributed by atoms with Crippen LogP contribution in [0.25, 0.3) is 0 Å². The van der Waals surface area contributed by atoms with Gasteiger partial charge in [0.05, 0.1) is 12.6 Å². The lowest BCUT2D eigenvalue weighted by Gasteiger charge is -2.27. The second kappa shape index (κ2) is 6.47. The van der Waals surface area contributed by atoms with E-state index in [1.807, 2.05) is 12.3 Å². The van der Waals surface area contributed by atoms with Gasteiger partial charge < -0.3 is 10.4 Å². The zero-order valence-electron chi connectivity index (χ0n) is 9.90. The summed E-state index contributed by atoms with van der Waals surface area (Å²) in [7, 11) is 0. The molecule has 1 aromatic rings. The Hall–Kier alpha value is -0.450. The highest BCUT2D eigenvalue weighted by molar-refractivity contribution is 9.10. The van der Waals surface area contributed by atoms with Crippen LogP contribution < -0.4 is 5.32 Å². The van der Waals surface area contributed by atoms with Gasteiger partial charge in [0.1, 0.15) is 0 Å². The van der Waals surface area contributed by atoms with Gasteiger partial charge in [-0.15, -0.1) is 0 Å². The highest BCUT2D eigenvalue weighted by Gasteiger charge is 2.18. The first-order valence-electron chi connectivity index (χ1n) is 6.27. The molecule has 0 spiro atoms. The maximum absolute atomic E-state index is 9.50. The monoisotopic (exact) mass is 298 g/mol. The van der Waals surface area contributed by atoms with Crippen molar-refractivity contribution < 1.29 is 5.11 Å². The highest BCUT2D eigenvalue weighted by atomic mass is 79.9. The summed E-state index contributed by atoms with van der Waals surface area (Å²) in [6, 6.07) is 2.56. The first-order valence-corrected chi connectivity index (χ1v) is 7.06. The van der Waals surface area contributed by atoms with Crippen LogP contribution in [0.2, 0.25) is 0 Å². The predicted molar refractivity (Wildman–Crippen MR) is 71.8 cm³/mol. The molecule has 2 rings (SSSR count). The van der Waals surface area contributed by atoms with Crippen molar-refractivity contribution in [1.29, 1.82) is 0 Å². The van der Waals surface area contributed by atoms with Gasteiger partial charge in [-0.05, 0) is 40.4 Å². The van der Waals surface area contributed by atoms with E-state index in [2.05, 4.69) is 26.2 Å². The number of rotatable bonds is 4. The normalized spacial score (nSPS) is 19.2. The highest BCUT2D eigenvalue weighted by Crippen LogP contribution is 2.22. The molecule has 4 heteroatoms. The summed E-state index contributed by atoms with van der Waals surface area (Å²) < 4.78 is 0.957. The summed E-state index contributed by atoms with van der Waals surface area (Å²) in [5, 5.41) is 13.0. The van der Waals surface area contributed by atoms with Crippen molar-refractivity contribution in [3.8, 4) is 0 Å². The van der Waals surface area contributed by atoms with E-state index >= 15 is 0 Å². The Morgan fingerprint density at radius 3 is 2.76 bits per heavy atom. The van der Waals surface area contributed by atoms with Gasteiger partial charge in [0.2, 0.25) is 0 Å². The third kappa shape index (κ3) is 3.76. The van der Waals surface area contributed by atoms with Gasteiger partial charge in [0.25, 0.3) is 0 Å². The molecule has 1 heterocycles. The molecule has 0 bridgehead atoms. The van der Waals surface area contributed by atoms with Crippen molar-refractivity contribution in [1.82, 2.24) is 10.3 Å². The van der Waals surface area contributed by atoms with Crippen LogP contribution in [-0.4, -0.2) is 22.7 Å². The molecule has 1 saturated carbocycles. The number of hydrogen-bond donors (Lipinski definition) is 2. The minimum absolute atomic E-state index is 0.00287. The molecule has 0 aliphatic heterocycles. The fourth-order valence-electron chi connectivity index (χ4n) is 2.43. The molecule has 3 nitrogen and oxygen atoms in total. The zero-order valence-corrected chi connectivity index (χ0v) is 11.5. The molecule has 0 amide bonds. The molecule has 0 aromatic carbocycles. The number of halogens is 1. The first kappa shape index (κ1) is 13.0. The van der Waals surface area contributed by atoms with Gasteiger partial charge in [0.15, 0.2) is 0 Å². The predicted octanol–water partition coefficient (Wildman–Crippen LogP) is 2.80. The molecule has 2 N–H and O–H groups in total. The lowest BCUT2D eigenvalue weighted by atomic mass is 9.94. The van der Waals surface area contributed by atoms with Crippen LogP contribution in [-0.2, 0) is 0 Å². The molecule has 1 atom stereocenters. The van der Waals surface area contributed by atoms with E-state index in [1.165, 1.54) is 32.1 Å². The van der Waals surface area contributed by atoms with E-state index in [4.69, 9.17) is 0 Å². The minimum Gasteiger partial charge on any atom is -0.394 e. The van der Waals surface area contributed by atoms with Crippen LogP contribution in [0.15, 0.2) is 22.9 Å². The van der Waals surface area contributed by atoms with Crippen molar-refractivity contribution in [2.75, 3.05) is 6.61 Å². The van der Waals surface area contributed by atoms with Crippen LogP contribution in [0.1, 0.15) is 43.7 Å². The van der Waals surface area contributed by atoms with Crippen LogP contribution in [0.5, 0.6) is 0 Å². The summed E-state index contributed by atoms with van der Waals surface area (Å²) in [4.78, 5) is 4.15. The van der Waals surface area contributed by atoms with E-state index in [1.54, 1.807) is 6.20 Å². The topological polar surface area (TPSA) is 45.1 Å². The van der Waals surface area contributed by atoms with Gasteiger partial charge in [0, 0.05) is 22.9 Å². The van der Waals surface area contributed by atoms with Crippen molar-refractivity contribution in [3.63, 3.8) is 0 Å². The van der Waals surface area contributed by atoms with E-state index in [-0.39, 0.29) is 12.6 Å². The lowest BCUT2D eigenvalue weighted by molar-refractivity contribution is 0.220. The number of nitrogens with one attached hydrogen (secondary N) is 1. The average molecular weight is 299 g/mol. The van der Waals surface area contributed by atoms with E-state index in [0.29, 0.717) is 6.04 Å². The fraction of sp³-hybridized carbons (Fsp3) is 0.615. The second-order valence-corrected chi connectivity index (χ2v) is 5.59. The van der Waals surface area contributed by atoms with Crippen molar-refractivity contribution >= 4 is 15.9 Å². The van der Waals surface area contributed by atoms with Crippen molar-refractivity contribution in [3.05, 3.63) is 28.5 Å². The molecular formula is C13H19BrN2O. The van der Waals surface area contributed by atoms with E-state index in [0.717, 1.165) is 10.0 Å². The summed E-state index contributed by atoms with van der Waals surface area (Å²) in [6.07, 6.45) is 9.97. The Morgan fingerprint density at radius 1 is 1.35 bits per heavy atom. The Kier molecular flexibility index (Phi) is 4.95. The summed E-state index contributed by atoms with van der Waals surface area (Å²) >= 11 is 3.41. The maximum Gasteiger partial charge on any atom is 0.0627 e. The largest absolute Gasteiger partial charge is 0.394 e. The number of hydrogen-bond acceptors (Lipinski definition) is 3. The second-order valence-electron chi connectivity index (χ2n) is 4.67. The smallest absolute Gasteiger partial charge is 0.0627 e. The van der Waals surface area contributed by atoms with Crippen LogP contribution in [0, 0.1) is 0 Å². The van der Waals surface area contributed by atoms with Gasteiger partial charge in [-0.25, -0.2) is 0 Å². The number of nitrogens with zero attached hydrogens (tertiary/aromatic N) is 1. The number of pyridine rings is 1. The van der Waals surface area contributed by atoms with Crippen LogP contribution >= 0.6 is 15.9 Å². The number of aliphatic hydroxyl groups is 1. The Labute approximate surface area is 111 Å². The van der Waals surface area contributed by atoms with Crippen LogP contribution in [0.3, 0.4) is 0 Å². The van der Waals surface area contributed by atoms with Gasteiger partial charge in [-0.2, -0.15) is 0 Å². The van der Waals surface area contributed by atoms with Crippen molar-refractivity contribution in [2.24, 2.45) is 0 Å². The molecule has 17 heavy (non-hydrogen) atoms. The number of aliphatic hydroxyl groups excluding tert-OH is 1. The Morgan fingerprint density at radius 2 is 2.12 bits per heavy atom. The Balaban J connectivity index is 2.00. The van der Waals surface area contributed by atoms with Gasteiger partial charge in [-0.1, -0.05) is 19.3 Å². The molecule has 1 aliphatic carbocycles. The van der Waals surface area contributed by atoms with Crippen LogP contribution in [0.4, 0.5) is 0 Å². The molecule has 94 valence electrons. The summed E-state index contributed by atoms with van der Waals surface area (Å²) in [6.45, 7) is 0.120. The standard InChI is InChI=1S/C13H19BrN2O/c14-11-6-10(7-15-8-11)13(9-17)16-12-4-2-1-3-5-12/h6-8,12-13,16-17H,1-5,9H2. The third-order valence-electron chi connectivity index (χ3n) is 3.35. The summed E-state index contributed by atoms with van der Waals surface area (Å²) in [5.74, 6) is 0. The molecule has 1 unspecified atom stereocenters. The number of aromatic nitrogens is 1. The molecule has 0 saturated heterocycles. The van der Waals surface area contributed by atoms with Gasteiger partial charge >= 0.3 is 0 Å². The SMILES string of the molecule is OCC(NC1CCCCC1)c1cncc(Br)c1. The minimum atomic E-state index is 0.00287. The maximum atomic E-state index is 9.50.